The summed E-state index contributed by atoms with van der Waals surface area (Å²) in [5.74, 6) is 0.177. The van der Waals surface area contributed by atoms with Crippen molar-refractivity contribution in [3.63, 3.8) is 0 Å². The molecule has 0 bridgehead atoms. The van der Waals surface area contributed by atoms with Gasteiger partial charge in [0, 0.05) is 32.5 Å². The first-order valence-corrected chi connectivity index (χ1v) is 6.70. The molecule has 1 aliphatic carbocycles. The molecule has 1 rings (SSSR count). The Morgan fingerprint density at radius 1 is 1.39 bits per heavy atom. The standard InChI is InChI=1S/C13H24N2O3/c1-10(16)9-15(2)12(17)7-8-14-13(18)11-5-3-4-6-11/h10-11,16H,3-9H2,1-2H3,(H,14,18). The van der Waals surface area contributed by atoms with Crippen LogP contribution in [0.4, 0.5) is 0 Å². The van der Waals surface area contributed by atoms with Crippen molar-refractivity contribution in [2.75, 3.05) is 20.1 Å². The second kappa shape index (κ2) is 7.36. The Hall–Kier alpha value is -1.10. The molecule has 0 aliphatic heterocycles. The predicted molar refractivity (Wildman–Crippen MR) is 68.9 cm³/mol. The van der Waals surface area contributed by atoms with Crippen LogP contribution in [0.3, 0.4) is 0 Å². The van der Waals surface area contributed by atoms with E-state index in [0.717, 1.165) is 25.7 Å². The summed E-state index contributed by atoms with van der Waals surface area (Å²) in [5, 5.41) is 12.0. The van der Waals surface area contributed by atoms with E-state index in [-0.39, 0.29) is 17.7 Å². The average Bonchev–Trinajstić information content (AvgIpc) is 2.81. The maximum Gasteiger partial charge on any atom is 0.224 e. The number of likely N-dealkylation sites (N-methyl/N-ethyl adjacent to an activating group) is 1. The van der Waals surface area contributed by atoms with Gasteiger partial charge in [0.25, 0.3) is 0 Å². The van der Waals surface area contributed by atoms with Crippen LogP contribution in [0.5, 0.6) is 0 Å². The van der Waals surface area contributed by atoms with E-state index in [4.69, 9.17) is 5.11 Å². The van der Waals surface area contributed by atoms with E-state index >= 15 is 0 Å². The highest BCUT2D eigenvalue weighted by Crippen LogP contribution is 2.24. The topological polar surface area (TPSA) is 69.6 Å². The van der Waals surface area contributed by atoms with E-state index in [0.29, 0.717) is 19.5 Å². The summed E-state index contributed by atoms with van der Waals surface area (Å²) < 4.78 is 0. The third kappa shape index (κ3) is 5.04. The van der Waals surface area contributed by atoms with Gasteiger partial charge in [-0.1, -0.05) is 12.8 Å². The first-order valence-electron chi connectivity index (χ1n) is 6.70. The van der Waals surface area contributed by atoms with Gasteiger partial charge in [0.2, 0.25) is 11.8 Å². The summed E-state index contributed by atoms with van der Waals surface area (Å²) >= 11 is 0. The molecule has 0 aromatic heterocycles. The summed E-state index contributed by atoms with van der Waals surface area (Å²) in [6, 6.07) is 0. The molecule has 5 nitrogen and oxygen atoms in total. The molecular weight excluding hydrogens is 232 g/mol. The fourth-order valence-electron chi connectivity index (χ4n) is 2.31. The monoisotopic (exact) mass is 256 g/mol. The van der Waals surface area contributed by atoms with Crippen molar-refractivity contribution >= 4 is 11.8 Å². The average molecular weight is 256 g/mol. The number of nitrogens with one attached hydrogen (secondary N) is 1. The van der Waals surface area contributed by atoms with Crippen LogP contribution in [-0.2, 0) is 9.59 Å². The minimum Gasteiger partial charge on any atom is -0.392 e. The van der Waals surface area contributed by atoms with Crippen LogP contribution < -0.4 is 5.32 Å². The van der Waals surface area contributed by atoms with Crippen LogP contribution in [0.25, 0.3) is 0 Å². The zero-order valence-corrected chi connectivity index (χ0v) is 11.3. The van der Waals surface area contributed by atoms with E-state index < -0.39 is 6.10 Å². The number of rotatable bonds is 6. The van der Waals surface area contributed by atoms with Crippen LogP contribution >= 0.6 is 0 Å². The van der Waals surface area contributed by atoms with E-state index in [1.807, 2.05) is 0 Å². The lowest BCUT2D eigenvalue weighted by Gasteiger charge is -2.19. The van der Waals surface area contributed by atoms with Crippen molar-refractivity contribution in [3.05, 3.63) is 0 Å². The van der Waals surface area contributed by atoms with Crippen LogP contribution in [0, 0.1) is 5.92 Å². The number of aliphatic hydroxyl groups is 1. The Balaban J connectivity index is 2.16. The molecule has 2 amide bonds. The van der Waals surface area contributed by atoms with Gasteiger partial charge in [0.15, 0.2) is 0 Å². The smallest absolute Gasteiger partial charge is 0.224 e. The zero-order valence-electron chi connectivity index (χ0n) is 11.3. The Kier molecular flexibility index (Phi) is 6.12. The number of carbonyl (C=O) groups excluding carboxylic acids is 2. The Labute approximate surface area is 109 Å². The normalized spacial score (nSPS) is 17.5. The molecule has 1 fully saturated rings. The minimum absolute atomic E-state index is 0.0531. The van der Waals surface area contributed by atoms with Crippen LogP contribution in [-0.4, -0.2) is 48.1 Å². The fourth-order valence-corrected chi connectivity index (χ4v) is 2.31. The van der Waals surface area contributed by atoms with Gasteiger partial charge in [-0.3, -0.25) is 9.59 Å². The number of aliphatic hydroxyl groups excluding tert-OH is 1. The van der Waals surface area contributed by atoms with Gasteiger partial charge in [0.05, 0.1) is 6.10 Å². The van der Waals surface area contributed by atoms with Crippen molar-refractivity contribution in [1.29, 1.82) is 0 Å². The predicted octanol–water partition coefficient (Wildman–Crippen LogP) is 0.522. The van der Waals surface area contributed by atoms with Crippen molar-refractivity contribution in [2.24, 2.45) is 5.92 Å². The van der Waals surface area contributed by atoms with E-state index in [2.05, 4.69) is 5.32 Å². The van der Waals surface area contributed by atoms with Crippen molar-refractivity contribution in [2.45, 2.75) is 45.1 Å². The van der Waals surface area contributed by atoms with Crippen LogP contribution in [0.15, 0.2) is 0 Å². The molecule has 1 saturated carbocycles. The van der Waals surface area contributed by atoms with Gasteiger partial charge in [-0.05, 0) is 19.8 Å². The highest BCUT2D eigenvalue weighted by atomic mass is 16.3. The summed E-state index contributed by atoms with van der Waals surface area (Å²) in [4.78, 5) is 24.8. The van der Waals surface area contributed by atoms with Gasteiger partial charge in [-0.2, -0.15) is 0 Å². The molecule has 0 aromatic carbocycles. The molecule has 18 heavy (non-hydrogen) atoms. The van der Waals surface area contributed by atoms with Gasteiger partial charge in [-0.25, -0.2) is 0 Å². The number of hydrogen-bond donors (Lipinski definition) is 2. The van der Waals surface area contributed by atoms with E-state index in [9.17, 15) is 9.59 Å². The van der Waals surface area contributed by atoms with Gasteiger partial charge >= 0.3 is 0 Å². The first kappa shape index (κ1) is 15.0. The molecule has 0 aromatic rings. The molecule has 1 unspecified atom stereocenters. The van der Waals surface area contributed by atoms with Crippen LogP contribution in [0.1, 0.15) is 39.0 Å². The highest BCUT2D eigenvalue weighted by Gasteiger charge is 2.22. The third-order valence-corrected chi connectivity index (χ3v) is 3.33. The number of carbonyl (C=O) groups is 2. The molecule has 0 saturated heterocycles. The maximum absolute atomic E-state index is 11.7. The van der Waals surface area contributed by atoms with Gasteiger partial charge in [-0.15, -0.1) is 0 Å². The maximum atomic E-state index is 11.7. The first-order chi connectivity index (χ1) is 8.50. The molecule has 1 atom stereocenters. The zero-order chi connectivity index (χ0) is 13.5. The lowest BCUT2D eigenvalue weighted by Crippen LogP contribution is -2.36. The number of amides is 2. The molecule has 2 N–H and O–H groups in total. The summed E-state index contributed by atoms with van der Waals surface area (Å²) in [6.07, 6.45) is 3.99. The summed E-state index contributed by atoms with van der Waals surface area (Å²) in [5.41, 5.74) is 0. The van der Waals surface area contributed by atoms with Gasteiger partial charge < -0.3 is 15.3 Å². The van der Waals surface area contributed by atoms with E-state index in [1.54, 1.807) is 14.0 Å². The number of hydrogen-bond acceptors (Lipinski definition) is 3. The quantitative estimate of drug-likeness (QED) is 0.728. The Bertz CT molecular complexity index is 286. The molecule has 1 aliphatic rings. The van der Waals surface area contributed by atoms with Crippen LogP contribution in [0.2, 0.25) is 0 Å². The molecule has 5 heteroatoms. The molecular formula is C13H24N2O3. The van der Waals surface area contributed by atoms with Crippen molar-refractivity contribution in [3.8, 4) is 0 Å². The molecule has 0 radical (unpaired) electrons. The lowest BCUT2D eigenvalue weighted by atomic mass is 10.1. The Morgan fingerprint density at radius 3 is 2.56 bits per heavy atom. The van der Waals surface area contributed by atoms with Crippen molar-refractivity contribution < 1.29 is 14.7 Å². The second-order valence-electron chi connectivity index (χ2n) is 5.15. The van der Waals surface area contributed by atoms with Crippen molar-refractivity contribution in [1.82, 2.24) is 10.2 Å². The molecule has 104 valence electrons. The number of nitrogens with zero attached hydrogens (tertiary/aromatic N) is 1. The second-order valence-corrected chi connectivity index (χ2v) is 5.15. The Morgan fingerprint density at radius 2 is 2.00 bits per heavy atom. The minimum atomic E-state index is -0.521. The summed E-state index contributed by atoms with van der Waals surface area (Å²) in [6.45, 7) is 2.36. The highest BCUT2D eigenvalue weighted by molar-refractivity contribution is 5.80. The fraction of sp³-hybridized carbons (Fsp3) is 0.846. The van der Waals surface area contributed by atoms with Gasteiger partial charge in [0.1, 0.15) is 0 Å². The molecule has 0 heterocycles. The van der Waals surface area contributed by atoms with E-state index in [1.165, 1.54) is 4.90 Å². The SMILES string of the molecule is CC(O)CN(C)C(=O)CCNC(=O)C1CCCC1. The summed E-state index contributed by atoms with van der Waals surface area (Å²) in [7, 11) is 1.66. The largest absolute Gasteiger partial charge is 0.392 e. The molecule has 0 spiro atoms. The lowest BCUT2D eigenvalue weighted by molar-refractivity contribution is -0.131. The third-order valence-electron chi connectivity index (χ3n) is 3.33.